The van der Waals surface area contributed by atoms with Crippen molar-refractivity contribution < 1.29 is 4.79 Å². The van der Waals surface area contributed by atoms with E-state index in [1.165, 1.54) is 0 Å². The molecule has 0 saturated carbocycles. The van der Waals surface area contributed by atoms with E-state index in [-0.39, 0.29) is 17.0 Å². The molecule has 1 saturated heterocycles. The fourth-order valence-corrected chi connectivity index (χ4v) is 2.69. The first-order valence-corrected chi connectivity index (χ1v) is 7.69. The molecule has 0 atom stereocenters. The molecule has 0 radical (unpaired) electrons. The third-order valence-corrected chi connectivity index (χ3v) is 4.05. The van der Waals surface area contributed by atoms with Crippen LogP contribution in [-0.4, -0.2) is 47.0 Å². The normalized spacial score (nSPS) is 14.3. The summed E-state index contributed by atoms with van der Waals surface area (Å²) in [6.45, 7) is 4.09. The third kappa shape index (κ3) is 3.13. The SMILES string of the molecule is Cc1ccc(C(=O)N2CCN(c3ccc(C#N)cn3)CC2)c(=O)[nH]1. The molecule has 2 aromatic heterocycles. The van der Waals surface area contributed by atoms with E-state index in [0.29, 0.717) is 31.7 Å². The first-order valence-electron chi connectivity index (χ1n) is 7.69. The molecule has 0 bridgehead atoms. The van der Waals surface area contributed by atoms with Crippen molar-refractivity contribution >= 4 is 11.7 Å². The Hall–Kier alpha value is -3.14. The highest BCUT2D eigenvalue weighted by Crippen LogP contribution is 2.14. The van der Waals surface area contributed by atoms with Crippen molar-refractivity contribution in [1.82, 2.24) is 14.9 Å². The topological polar surface area (TPSA) is 93.1 Å². The zero-order valence-corrected chi connectivity index (χ0v) is 13.3. The molecule has 0 aliphatic carbocycles. The molecule has 24 heavy (non-hydrogen) atoms. The maximum atomic E-state index is 12.5. The Labute approximate surface area is 139 Å². The highest BCUT2D eigenvalue weighted by Gasteiger charge is 2.24. The number of nitrogens with zero attached hydrogens (tertiary/aromatic N) is 4. The molecule has 1 N–H and O–H groups in total. The Bertz CT molecular complexity index is 843. The zero-order valence-electron chi connectivity index (χ0n) is 13.3. The van der Waals surface area contributed by atoms with Crippen molar-refractivity contribution in [2.45, 2.75) is 6.92 Å². The quantitative estimate of drug-likeness (QED) is 0.887. The highest BCUT2D eigenvalue weighted by atomic mass is 16.2. The van der Waals surface area contributed by atoms with Crippen molar-refractivity contribution in [3.63, 3.8) is 0 Å². The number of nitrogens with one attached hydrogen (secondary N) is 1. The summed E-state index contributed by atoms with van der Waals surface area (Å²) in [4.78, 5) is 35.1. The zero-order chi connectivity index (χ0) is 17.1. The highest BCUT2D eigenvalue weighted by molar-refractivity contribution is 5.94. The lowest BCUT2D eigenvalue weighted by Crippen LogP contribution is -2.49. The number of carbonyl (C=O) groups excluding carboxylic acids is 1. The summed E-state index contributed by atoms with van der Waals surface area (Å²) in [6.07, 6.45) is 1.54. The van der Waals surface area contributed by atoms with Crippen LogP contribution in [0.15, 0.2) is 35.3 Å². The summed E-state index contributed by atoms with van der Waals surface area (Å²) in [5, 5.41) is 8.81. The van der Waals surface area contributed by atoms with Gasteiger partial charge in [0.15, 0.2) is 0 Å². The lowest BCUT2D eigenvalue weighted by Gasteiger charge is -2.35. The van der Waals surface area contributed by atoms with Gasteiger partial charge in [-0.15, -0.1) is 0 Å². The number of rotatable bonds is 2. The molecule has 2 aromatic rings. The summed E-state index contributed by atoms with van der Waals surface area (Å²) in [5.74, 6) is 0.540. The minimum Gasteiger partial charge on any atom is -0.353 e. The van der Waals surface area contributed by atoms with Crippen molar-refractivity contribution in [2.75, 3.05) is 31.1 Å². The smallest absolute Gasteiger partial charge is 0.260 e. The summed E-state index contributed by atoms with van der Waals surface area (Å²) in [6, 6.07) is 8.88. The lowest BCUT2D eigenvalue weighted by molar-refractivity contribution is 0.0744. The molecule has 7 nitrogen and oxygen atoms in total. The number of aromatic nitrogens is 2. The molecule has 122 valence electrons. The van der Waals surface area contributed by atoms with Crippen molar-refractivity contribution in [2.24, 2.45) is 0 Å². The molecule has 1 aliphatic rings. The van der Waals surface area contributed by atoms with Crippen LogP contribution in [-0.2, 0) is 0 Å². The molecule has 1 amide bonds. The van der Waals surface area contributed by atoms with Gasteiger partial charge in [0.25, 0.3) is 11.5 Å². The fraction of sp³-hybridized carbons (Fsp3) is 0.294. The van der Waals surface area contributed by atoms with E-state index in [0.717, 1.165) is 11.5 Å². The standard InChI is InChI=1S/C17H17N5O2/c1-12-2-4-14(16(23)20-12)17(24)22-8-6-21(7-9-22)15-5-3-13(10-18)11-19-15/h2-5,11H,6-9H2,1H3,(H,20,23). The number of amides is 1. The molecule has 7 heteroatoms. The van der Waals surface area contributed by atoms with Crippen LogP contribution in [0.1, 0.15) is 21.6 Å². The van der Waals surface area contributed by atoms with E-state index >= 15 is 0 Å². The summed E-state index contributed by atoms with van der Waals surface area (Å²) in [5.41, 5.74) is 1.07. The van der Waals surface area contributed by atoms with Gasteiger partial charge in [0.1, 0.15) is 17.5 Å². The van der Waals surface area contributed by atoms with Gasteiger partial charge in [0.05, 0.1) is 5.56 Å². The van der Waals surface area contributed by atoms with Gasteiger partial charge in [-0.25, -0.2) is 4.98 Å². The number of piperazine rings is 1. The number of nitriles is 1. The van der Waals surface area contributed by atoms with Crippen LogP contribution in [0.3, 0.4) is 0 Å². The molecular weight excluding hydrogens is 306 g/mol. The van der Waals surface area contributed by atoms with Crippen LogP contribution in [0.25, 0.3) is 0 Å². The number of H-pyrrole nitrogens is 1. The second-order valence-electron chi connectivity index (χ2n) is 5.68. The number of aromatic amines is 1. The average molecular weight is 323 g/mol. The van der Waals surface area contributed by atoms with Gasteiger partial charge >= 0.3 is 0 Å². The van der Waals surface area contributed by atoms with Gasteiger partial charge in [0.2, 0.25) is 0 Å². The Morgan fingerprint density at radius 2 is 1.96 bits per heavy atom. The monoisotopic (exact) mass is 323 g/mol. The van der Waals surface area contributed by atoms with Crippen LogP contribution in [0.5, 0.6) is 0 Å². The molecular formula is C17H17N5O2. The van der Waals surface area contributed by atoms with Gasteiger partial charge in [-0.2, -0.15) is 5.26 Å². The Kier molecular flexibility index (Phi) is 4.29. The molecule has 0 spiro atoms. The largest absolute Gasteiger partial charge is 0.353 e. The molecule has 3 heterocycles. The molecule has 0 aromatic carbocycles. The predicted molar refractivity (Wildman–Crippen MR) is 88.9 cm³/mol. The Balaban J connectivity index is 1.67. The van der Waals surface area contributed by atoms with E-state index < -0.39 is 0 Å². The molecule has 0 unspecified atom stereocenters. The first-order chi connectivity index (χ1) is 11.6. The van der Waals surface area contributed by atoms with Gasteiger partial charge < -0.3 is 14.8 Å². The summed E-state index contributed by atoms with van der Waals surface area (Å²) in [7, 11) is 0. The van der Waals surface area contributed by atoms with E-state index in [9.17, 15) is 9.59 Å². The Morgan fingerprint density at radius 3 is 2.54 bits per heavy atom. The van der Waals surface area contributed by atoms with E-state index in [1.807, 2.05) is 6.07 Å². The Morgan fingerprint density at radius 1 is 1.21 bits per heavy atom. The van der Waals surface area contributed by atoms with Gasteiger partial charge in [-0.3, -0.25) is 9.59 Å². The van der Waals surface area contributed by atoms with Crippen molar-refractivity contribution in [3.8, 4) is 6.07 Å². The number of aryl methyl sites for hydroxylation is 1. The number of carbonyl (C=O) groups is 1. The molecule has 1 aliphatic heterocycles. The number of hydrogen-bond donors (Lipinski definition) is 1. The second-order valence-corrected chi connectivity index (χ2v) is 5.68. The van der Waals surface area contributed by atoms with Gasteiger partial charge in [-0.1, -0.05) is 0 Å². The number of hydrogen-bond acceptors (Lipinski definition) is 5. The van der Waals surface area contributed by atoms with Crippen LogP contribution in [0.2, 0.25) is 0 Å². The van der Waals surface area contributed by atoms with Crippen molar-refractivity contribution in [3.05, 3.63) is 57.6 Å². The van der Waals surface area contributed by atoms with Crippen LogP contribution in [0, 0.1) is 18.3 Å². The second kappa shape index (κ2) is 6.54. The lowest BCUT2D eigenvalue weighted by atomic mass is 10.2. The molecule has 1 fully saturated rings. The summed E-state index contributed by atoms with van der Waals surface area (Å²) < 4.78 is 0. The number of pyridine rings is 2. The fourth-order valence-electron chi connectivity index (χ4n) is 2.69. The first kappa shape index (κ1) is 15.7. The minimum atomic E-state index is -0.351. The summed E-state index contributed by atoms with van der Waals surface area (Å²) >= 11 is 0. The third-order valence-electron chi connectivity index (χ3n) is 4.05. The van der Waals surface area contributed by atoms with E-state index in [2.05, 4.69) is 14.9 Å². The van der Waals surface area contributed by atoms with Crippen molar-refractivity contribution in [1.29, 1.82) is 5.26 Å². The van der Waals surface area contributed by atoms with E-state index in [1.54, 1.807) is 42.3 Å². The van der Waals surface area contributed by atoms with Gasteiger partial charge in [0, 0.05) is 38.1 Å². The van der Waals surface area contributed by atoms with Crippen LogP contribution in [0.4, 0.5) is 5.82 Å². The minimum absolute atomic E-state index is 0.172. The van der Waals surface area contributed by atoms with E-state index in [4.69, 9.17) is 5.26 Å². The maximum Gasteiger partial charge on any atom is 0.260 e. The van der Waals surface area contributed by atoms with Crippen LogP contribution >= 0.6 is 0 Å². The maximum absolute atomic E-state index is 12.5. The average Bonchev–Trinajstić information content (AvgIpc) is 2.61. The van der Waals surface area contributed by atoms with Crippen LogP contribution < -0.4 is 10.5 Å². The molecule has 3 rings (SSSR count). The van der Waals surface area contributed by atoms with Gasteiger partial charge in [-0.05, 0) is 31.2 Å². The predicted octanol–water partition coefficient (Wildman–Crippen LogP) is 0.912. The number of anilines is 1.